The van der Waals surface area contributed by atoms with E-state index in [-0.39, 0.29) is 29.7 Å². The Hall–Kier alpha value is -5.98. The van der Waals surface area contributed by atoms with Crippen LogP contribution in [-0.4, -0.2) is 108 Å². The van der Waals surface area contributed by atoms with Crippen molar-refractivity contribution in [3.8, 4) is 21.9 Å². The van der Waals surface area contributed by atoms with Gasteiger partial charge in [-0.05, 0) is 81.5 Å². The second kappa shape index (κ2) is 17.4. The molecule has 3 fully saturated rings. The van der Waals surface area contributed by atoms with Crippen molar-refractivity contribution in [1.82, 2.24) is 49.2 Å². The molecule has 7 heterocycles. The molecule has 0 spiro atoms. The topological polar surface area (TPSA) is 175 Å². The maximum atomic E-state index is 14.4. The molecule has 62 heavy (non-hydrogen) atoms. The van der Waals surface area contributed by atoms with Crippen molar-refractivity contribution in [2.45, 2.75) is 58.1 Å². The van der Waals surface area contributed by atoms with Crippen molar-refractivity contribution in [3.05, 3.63) is 93.6 Å². The van der Waals surface area contributed by atoms with Gasteiger partial charge in [0, 0.05) is 95.3 Å². The number of carbonyl (C=O) groups excluding carboxylic acids is 2. The second-order valence-electron chi connectivity index (χ2n) is 16.6. The minimum atomic E-state index is -0.687. The van der Waals surface area contributed by atoms with Gasteiger partial charge in [0.15, 0.2) is 11.6 Å². The highest BCUT2D eigenvalue weighted by molar-refractivity contribution is 7.15. The number of nitrogens with zero attached hydrogens (tertiary/aromatic N) is 10. The van der Waals surface area contributed by atoms with E-state index in [4.69, 9.17) is 15.5 Å². The lowest BCUT2D eigenvalue weighted by Crippen LogP contribution is -2.49. The average molecular weight is 863 g/mol. The largest absolute Gasteiger partial charge is 0.482 e. The van der Waals surface area contributed by atoms with E-state index in [1.54, 1.807) is 47.6 Å². The Bertz CT molecular complexity index is 2660. The third-order valence-electron chi connectivity index (χ3n) is 12.5. The normalized spacial score (nSPS) is 18.7. The Morgan fingerprint density at radius 3 is 2.47 bits per heavy atom. The molecule has 3 saturated heterocycles. The van der Waals surface area contributed by atoms with Gasteiger partial charge >= 0.3 is 5.69 Å². The molecular weight excluding hydrogens is 812 g/mol. The zero-order valence-electron chi connectivity index (χ0n) is 35.2. The lowest BCUT2D eigenvalue weighted by Gasteiger charge is -2.39. The van der Waals surface area contributed by atoms with Crippen LogP contribution in [0.2, 0.25) is 0 Å². The van der Waals surface area contributed by atoms with Crippen LogP contribution in [0.4, 0.5) is 15.9 Å². The Labute approximate surface area is 362 Å². The molecule has 4 aromatic heterocycles. The van der Waals surface area contributed by atoms with Gasteiger partial charge in [-0.2, -0.15) is 15.0 Å². The number of hydrogen-bond acceptors (Lipinski definition) is 13. The molecule has 2 aromatic carbocycles. The van der Waals surface area contributed by atoms with Crippen LogP contribution in [0.5, 0.6) is 5.75 Å². The fraction of sp³-hybridized carbons (Fsp3) is 0.432. The number of nitrogens with one attached hydrogen (secondary N) is 1. The summed E-state index contributed by atoms with van der Waals surface area (Å²) in [5.41, 5.74) is 11.6. The van der Waals surface area contributed by atoms with E-state index in [0.717, 1.165) is 104 Å². The monoisotopic (exact) mass is 862 g/mol. The number of aromatic nitrogens is 7. The number of piperazine rings is 1. The van der Waals surface area contributed by atoms with Gasteiger partial charge in [-0.25, -0.2) is 19.2 Å². The Morgan fingerprint density at radius 1 is 0.952 bits per heavy atom. The van der Waals surface area contributed by atoms with E-state index in [0.29, 0.717) is 34.9 Å². The number of anilines is 2. The van der Waals surface area contributed by atoms with Gasteiger partial charge in [-0.3, -0.25) is 24.0 Å². The first-order valence-electron chi connectivity index (χ1n) is 21.3. The van der Waals surface area contributed by atoms with Crippen molar-refractivity contribution < 1.29 is 18.7 Å². The number of halogens is 1. The first-order valence-corrected chi connectivity index (χ1v) is 22.1. The first-order chi connectivity index (χ1) is 30.0. The summed E-state index contributed by atoms with van der Waals surface area (Å²) >= 11 is 1.67. The van der Waals surface area contributed by atoms with Crippen molar-refractivity contribution in [2.24, 2.45) is 13.0 Å². The number of piperidine rings is 2. The smallest absolute Gasteiger partial charge is 0.329 e. The standard InChI is InChI=1S/C44H51FN12O4S/c1-27-41(30-22-38(42(46)47-25-30)61-28(2)33-23-31(45)4-6-34(33)57-48-13-14-49-57)62-40(50-27)12-15-53-18-20-54(21-19-53)26-29-10-16-55(17-11-29)32-5-7-35-37(24-32)52(3)44(60)56(35)36-8-9-39(58)51-43(36)59/h4-7,13-14,22-25,28-29,36H,8-12,15-21,26H2,1-3H3,(H2,46,47)(H,51,58,59)/t28-,36?/m1/s1. The molecule has 2 amide bonds. The number of amides is 2. The number of imide groups is 1. The number of carbonyl (C=O) groups is 2. The minimum absolute atomic E-state index is 0.220. The summed E-state index contributed by atoms with van der Waals surface area (Å²) in [6.07, 6.45) is 7.92. The van der Waals surface area contributed by atoms with Crippen LogP contribution in [0.15, 0.2) is 65.8 Å². The zero-order valence-corrected chi connectivity index (χ0v) is 36.0. The number of imidazole rings is 1. The van der Waals surface area contributed by atoms with E-state index in [1.807, 2.05) is 32.0 Å². The van der Waals surface area contributed by atoms with Crippen LogP contribution < -0.4 is 26.4 Å². The summed E-state index contributed by atoms with van der Waals surface area (Å²) in [6, 6.07) is 11.7. The van der Waals surface area contributed by atoms with Gasteiger partial charge in [0.2, 0.25) is 11.8 Å². The number of rotatable bonds is 12. The molecular formula is C44H51FN12O4S. The third kappa shape index (κ3) is 8.45. The first kappa shape index (κ1) is 41.4. The molecule has 0 radical (unpaired) electrons. The highest BCUT2D eigenvalue weighted by Crippen LogP contribution is 2.36. The van der Waals surface area contributed by atoms with Crippen LogP contribution in [0.25, 0.3) is 27.2 Å². The van der Waals surface area contributed by atoms with Crippen molar-refractivity contribution in [3.63, 3.8) is 0 Å². The van der Waals surface area contributed by atoms with Crippen LogP contribution >= 0.6 is 11.3 Å². The summed E-state index contributed by atoms with van der Waals surface area (Å²) in [5.74, 6) is 0.177. The summed E-state index contributed by atoms with van der Waals surface area (Å²) in [4.78, 5) is 57.0. The molecule has 0 bridgehead atoms. The number of ether oxygens (including phenoxy) is 1. The summed E-state index contributed by atoms with van der Waals surface area (Å²) in [7, 11) is 1.74. The van der Waals surface area contributed by atoms with E-state index in [9.17, 15) is 18.8 Å². The van der Waals surface area contributed by atoms with Crippen molar-refractivity contribution in [2.75, 3.05) is 63.0 Å². The third-order valence-corrected chi connectivity index (χ3v) is 13.8. The Balaban J connectivity index is 0.751. The molecule has 2 atom stereocenters. The number of nitrogen functional groups attached to an aromatic ring is 1. The number of fused-ring (bicyclic) bond motifs is 1. The van der Waals surface area contributed by atoms with Crippen LogP contribution in [0.1, 0.15) is 61.0 Å². The van der Waals surface area contributed by atoms with Gasteiger partial charge in [0.1, 0.15) is 18.0 Å². The number of pyridine rings is 1. The molecule has 3 aliphatic rings. The van der Waals surface area contributed by atoms with Gasteiger partial charge in [-0.15, -0.1) is 11.3 Å². The van der Waals surface area contributed by atoms with Crippen LogP contribution in [0.3, 0.4) is 0 Å². The number of hydrogen-bond donors (Lipinski definition) is 2. The van der Waals surface area contributed by atoms with E-state index in [1.165, 1.54) is 21.5 Å². The molecule has 0 saturated carbocycles. The fourth-order valence-corrected chi connectivity index (χ4v) is 10.1. The van der Waals surface area contributed by atoms with Gasteiger partial charge in [-0.1, -0.05) is 0 Å². The summed E-state index contributed by atoms with van der Waals surface area (Å²) in [5, 5.41) is 11.9. The number of benzene rings is 2. The molecule has 3 aliphatic heterocycles. The molecule has 16 nitrogen and oxygen atoms in total. The van der Waals surface area contributed by atoms with E-state index >= 15 is 0 Å². The number of nitrogens with two attached hydrogens (primary N) is 1. The number of thiazole rings is 1. The molecule has 18 heteroatoms. The highest BCUT2D eigenvalue weighted by atomic mass is 32.1. The predicted octanol–water partition coefficient (Wildman–Crippen LogP) is 4.66. The molecule has 0 aliphatic carbocycles. The average Bonchev–Trinajstić information content (AvgIpc) is 4.00. The molecule has 1 unspecified atom stereocenters. The van der Waals surface area contributed by atoms with Gasteiger partial charge in [0.25, 0.3) is 0 Å². The van der Waals surface area contributed by atoms with Crippen LogP contribution in [0, 0.1) is 18.7 Å². The zero-order chi connectivity index (χ0) is 43.1. The van der Waals surface area contributed by atoms with E-state index in [2.05, 4.69) is 41.3 Å². The molecule has 324 valence electrons. The maximum Gasteiger partial charge on any atom is 0.329 e. The molecule has 9 rings (SSSR count). The highest BCUT2D eigenvalue weighted by Gasteiger charge is 2.32. The lowest BCUT2D eigenvalue weighted by molar-refractivity contribution is -0.135. The van der Waals surface area contributed by atoms with Crippen LogP contribution in [-0.2, 0) is 23.1 Å². The second-order valence-corrected chi connectivity index (χ2v) is 17.7. The Morgan fingerprint density at radius 2 is 1.71 bits per heavy atom. The maximum absolute atomic E-state index is 14.4. The van der Waals surface area contributed by atoms with Gasteiger partial charge < -0.3 is 25.2 Å². The van der Waals surface area contributed by atoms with Gasteiger partial charge in [0.05, 0.1) is 44.7 Å². The predicted molar refractivity (Wildman–Crippen MR) is 235 cm³/mol. The SMILES string of the molecule is Cc1nc(CCN2CCN(CC3CCN(c4ccc5c(c4)n(C)c(=O)n5C4CCC(=O)NC4=O)CC3)CC2)sc1-c1cnc(N)c(O[C@H](C)c2cc(F)ccc2-n2nccn2)c1. The summed E-state index contributed by atoms with van der Waals surface area (Å²) < 4.78 is 23.8. The molecule has 3 N–H and O–H groups in total. The number of aryl methyl sites for hydroxylation is 2. The van der Waals surface area contributed by atoms with Crippen molar-refractivity contribution >= 4 is 45.7 Å². The van der Waals surface area contributed by atoms with E-state index < -0.39 is 18.1 Å². The summed E-state index contributed by atoms with van der Waals surface area (Å²) in [6.45, 7) is 11.9. The quantitative estimate of drug-likeness (QED) is 0.163. The fourth-order valence-electron chi connectivity index (χ4n) is 9.09. The lowest BCUT2D eigenvalue weighted by atomic mass is 9.95. The Kier molecular flexibility index (Phi) is 11.6. The van der Waals surface area contributed by atoms with Crippen molar-refractivity contribution in [1.29, 1.82) is 0 Å². The minimum Gasteiger partial charge on any atom is -0.482 e. The molecule has 6 aromatic rings.